The Bertz CT molecular complexity index is 173. The zero-order chi connectivity index (χ0) is 6.85. The van der Waals surface area contributed by atoms with Crippen molar-refractivity contribution in [1.82, 2.24) is 0 Å². The summed E-state index contributed by atoms with van der Waals surface area (Å²) < 4.78 is 21.3. The highest BCUT2D eigenvalue weighted by Crippen LogP contribution is 1.73. The largest absolute Gasteiger partial charge is 0.0805 e. The summed E-state index contributed by atoms with van der Waals surface area (Å²) in [6.07, 6.45) is 0. The Morgan fingerprint density at radius 1 is 1.33 bits per heavy atom. The average Bonchev–Trinajstić information content (AvgIpc) is 1.59. The third-order valence-corrected chi connectivity index (χ3v) is 1.17. The van der Waals surface area contributed by atoms with E-state index in [4.69, 9.17) is 4.11 Å². The average molecular weight is 100 g/mol. The second kappa shape index (κ2) is 1.87. The Morgan fingerprint density at radius 3 is 2.50 bits per heavy atom. The molecule has 0 spiro atoms. The maximum absolute atomic E-state index is 7.13. The van der Waals surface area contributed by atoms with Gasteiger partial charge in [0.1, 0.15) is 0 Å². The van der Waals surface area contributed by atoms with Gasteiger partial charge in [-0.15, -0.1) is 0 Å². The Hall–Kier alpha value is -0.433. The van der Waals surface area contributed by atoms with Crippen molar-refractivity contribution in [2.24, 2.45) is 0 Å². The summed E-state index contributed by atoms with van der Waals surface area (Å²) in [5.41, 5.74) is 0.875. The summed E-state index contributed by atoms with van der Waals surface area (Å²) in [5.74, 6) is 0. The van der Waals surface area contributed by atoms with E-state index in [0.29, 0.717) is 11.3 Å². The first kappa shape index (κ1) is 1.58. The molecule has 6 heavy (non-hydrogen) atoms. The Labute approximate surface area is 43.8 Å². The molecule has 0 N–H and O–H groups in total. The molecule has 1 aromatic rings. The molecule has 0 aromatic carbocycles. The Morgan fingerprint density at radius 2 is 2.00 bits per heavy atom. The van der Waals surface area contributed by atoms with Gasteiger partial charge in [-0.2, -0.15) is 0 Å². The molecule has 0 aliphatic heterocycles. The molecule has 0 saturated carbocycles. The minimum atomic E-state index is -0.305. The third kappa shape index (κ3) is 0.758. The summed E-state index contributed by atoms with van der Waals surface area (Å²) in [4.78, 5) is 0. The maximum Gasteiger partial charge on any atom is 0.0622 e. The summed E-state index contributed by atoms with van der Waals surface area (Å²) >= 11 is 0. The zero-order valence-electron chi connectivity index (χ0n) is 6.23. The lowest BCUT2D eigenvalue weighted by atomic mass is 10.6. The number of hydrogen-bond acceptors (Lipinski definition) is 0. The van der Waals surface area contributed by atoms with Crippen molar-refractivity contribution in [3.05, 3.63) is 29.5 Å². The van der Waals surface area contributed by atoms with Gasteiger partial charge in [-0.1, -0.05) is 29.5 Å². The summed E-state index contributed by atoms with van der Waals surface area (Å²) in [7, 11) is -0.305. The lowest BCUT2D eigenvalue weighted by Crippen LogP contribution is -1.60. The Balaban J connectivity index is 3.17. The summed E-state index contributed by atoms with van der Waals surface area (Å²) in [6, 6.07) is 3.27. The van der Waals surface area contributed by atoms with Gasteiger partial charge in [-0.25, -0.2) is 0 Å². The highest BCUT2D eigenvalue weighted by molar-refractivity contribution is 6.26. The predicted molar refractivity (Wildman–Crippen MR) is 29.2 cm³/mol. The molecule has 1 rings (SSSR count). The molecule has 0 bridgehead atoms. The molecule has 0 radical (unpaired) electrons. The van der Waals surface area contributed by atoms with Crippen LogP contribution in [0.1, 0.15) is 4.11 Å². The van der Waals surface area contributed by atoms with Crippen molar-refractivity contribution in [3.8, 4) is 0 Å². The third-order valence-electron chi connectivity index (χ3n) is 0.500. The van der Waals surface area contributed by atoms with Crippen molar-refractivity contribution in [1.29, 1.82) is 0 Å². The predicted octanol–water partition coefficient (Wildman–Crippen LogP) is 0.757. The van der Waals surface area contributed by atoms with Gasteiger partial charge in [0.25, 0.3) is 0 Å². The number of rotatable bonds is 0. The van der Waals surface area contributed by atoms with E-state index < -0.39 is 0 Å². The fraction of sp³-hybridized carbons (Fsp3) is 0. The summed E-state index contributed by atoms with van der Waals surface area (Å²) in [6.45, 7) is 0. The Kier molecular flexibility index (Phi) is 0.494. The van der Waals surface area contributed by atoms with Crippen LogP contribution >= 0.6 is 0 Å². The van der Waals surface area contributed by atoms with Gasteiger partial charge in [-0.3, -0.25) is 0 Å². The van der Waals surface area contributed by atoms with Gasteiger partial charge in [0.15, 0.2) is 0 Å². The standard InChI is InChI=1S/C5H6Si/c1-2-4-6-5-3-1/h1-6H/i1T,4T,5T. The zero-order valence-corrected chi connectivity index (χ0v) is 4.39. The van der Waals surface area contributed by atoms with E-state index in [2.05, 4.69) is 0 Å². The molecule has 0 aliphatic carbocycles. The molecule has 0 atom stereocenters. The minimum absolute atomic E-state index is 0.281. The molecule has 1 heterocycles. The van der Waals surface area contributed by atoms with Gasteiger partial charge >= 0.3 is 0 Å². The molecule has 0 amide bonds. The molecule has 0 fully saturated rings. The van der Waals surface area contributed by atoms with Crippen molar-refractivity contribution < 1.29 is 4.11 Å². The van der Waals surface area contributed by atoms with Crippen LogP contribution in [0.25, 0.3) is 0 Å². The van der Waals surface area contributed by atoms with Crippen LogP contribution in [0, 0.1) is 0 Å². The van der Waals surface area contributed by atoms with Crippen LogP contribution in [-0.4, -0.2) is 9.12 Å². The van der Waals surface area contributed by atoms with E-state index in [0.717, 1.165) is 0 Å². The van der Waals surface area contributed by atoms with E-state index in [9.17, 15) is 0 Å². The quantitative estimate of drug-likeness (QED) is 0.422. The van der Waals surface area contributed by atoms with Crippen molar-refractivity contribution in [2.45, 2.75) is 0 Å². The fourth-order valence-electron chi connectivity index (χ4n) is 0.269. The molecule has 1 aromatic heterocycles. The molecule has 0 aliphatic rings. The van der Waals surface area contributed by atoms with Gasteiger partial charge in [-0.05, 0) is 0 Å². The fourth-order valence-corrected chi connectivity index (χ4v) is 0.725. The molecular formula is C5H6Si. The summed E-state index contributed by atoms with van der Waals surface area (Å²) in [5, 5.41) is 0. The lowest BCUT2D eigenvalue weighted by Gasteiger charge is -1.69. The minimum Gasteiger partial charge on any atom is -0.0805 e. The second-order valence-corrected chi connectivity index (χ2v) is 1.89. The van der Waals surface area contributed by atoms with Crippen LogP contribution in [0.3, 0.4) is 0 Å². The maximum atomic E-state index is 7.13. The van der Waals surface area contributed by atoms with Gasteiger partial charge in [0.05, 0.1) is 4.11 Å². The normalized spacial score (nSPS) is 15.0. The monoisotopic (exact) mass is 100 g/mol. The van der Waals surface area contributed by atoms with Gasteiger partial charge in [0.2, 0.25) is 0 Å². The molecule has 1 heteroatoms. The smallest absolute Gasteiger partial charge is 0.0622 e. The van der Waals surface area contributed by atoms with E-state index in [1.807, 2.05) is 0 Å². The van der Waals surface area contributed by atoms with Crippen LogP contribution in [0.4, 0.5) is 0 Å². The van der Waals surface area contributed by atoms with E-state index in [-0.39, 0.29) is 15.2 Å². The molecule has 0 nitrogen and oxygen atoms in total. The SMILES string of the molecule is [3H]c1cc([3H])[siH]c([3H])c1. The van der Waals surface area contributed by atoms with E-state index >= 15 is 0 Å². The van der Waals surface area contributed by atoms with E-state index in [1.165, 1.54) is 12.1 Å². The van der Waals surface area contributed by atoms with Gasteiger partial charge in [0, 0.05) is 9.12 Å². The second-order valence-electron chi connectivity index (χ2n) is 0.933. The van der Waals surface area contributed by atoms with Crippen LogP contribution in [0.2, 0.25) is 0 Å². The highest BCUT2D eigenvalue weighted by atomic mass is 28.2. The van der Waals surface area contributed by atoms with Crippen molar-refractivity contribution in [2.75, 3.05) is 0 Å². The molecule has 0 saturated heterocycles. The highest BCUT2D eigenvalue weighted by Gasteiger charge is 1.58. The molecular weight excluding hydrogens is 88.1 g/mol. The first-order valence-electron chi connectivity index (χ1n) is 3.23. The van der Waals surface area contributed by atoms with Crippen LogP contribution in [0.15, 0.2) is 29.5 Å². The topological polar surface area (TPSA) is 0 Å². The first-order valence-corrected chi connectivity index (χ1v) is 2.89. The molecule has 30 valence electrons. The molecule has 0 unspecified atom stereocenters. The van der Waals surface area contributed by atoms with Crippen molar-refractivity contribution >= 4 is 9.12 Å². The van der Waals surface area contributed by atoms with Crippen molar-refractivity contribution in [3.63, 3.8) is 0 Å². The van der Waals surface area contributed by atoms with Gasteiger partial charge < -0.3 is 0 Å². The van der Waals surface area contributed by atoms with Crippen LogP contribution in [0.5, 0.6) is 0 Å². The number of hydrogen-bond donors (Lipinski definition) is 0. The first-order chi connectivity index (χ1) is 4.18. The lowest BCUT2D eigenvalue weighted by molar-refractivity contribution is 1.87. The van der Waals surface area contributed by atoms with Crippen LogP contribution < -0.4 is 0 Å². The van der Waals surface area contributed by atoms with Crippen LogP contribution in [-0.2, 0) is 0 Å². The van der Waals surface area contributed by atoms with E-state index in [1.54, 1.807) is 0 Å².